The monoisotopic (exact) mass is 320 g/mol. The van der Waals surface area contributed by atoms with Crippen LogP contribution in [0.3, 0.4) is 0 Å². The standard InChI is InChI=1S/C14H28N2O2S2/c1-2-20(17,18)14-11-19-9-8-16(14)13(10-15)12-6-4-3-5-7-12/h12-14H,2-11,15H2,1H3. The molecule has 0 bridgehead atoms. The molecule has 2 unspecified atom stereocenters. The molecule has 4 nitrogen and oxygen atoms in total. The molecule has 118 valence electrons. The molecule has 20 heavy (non-hydrogen) atoms. The van der Waals surface area contributed by atoms with Crippen molar-refractivity contribution in [3.63, 3.8) is 0 Å². The maximum atomic E-state index is 12.4. The number of nitrogens with zero attached hydrogens (tertiary/aromatic N) is 1. The molecule has 1 aliphatic carbocycles. The van der Waals surface area contributed by atoms with Gasteiger partial charge in [-0.05, 0) is 18.8 Å². The van der Waals surface area contributed by atoms with Crippen molar-refractivity contribution in [2.75, 3.05) is 30.3 Å². The zero-order valence-electron chi connectivity index (χ0n) is 12.5. The highest BCUT2D eigenvalue weighted by atomic mass is 32.2. The van der Waals surface area contributed by atoms with E-state index < -0.39 is 9.84 Å². The van der Waals surface area contributed by atoms with Crippen LogP contribution >= 0.6 is 11.8 Å². The van der Waals surface area contributed by atoms with Gasteiger partial charge in [-0.25, -0.2) is 8.42 Å². The third kappa shape index (κ3) is 3.70. The highest BCUT2D eigenvalue weighted by Crippen LogP contribution is 2.32. The predicted molar refractivity (Wildman–Crippen MR) is 86.7 cm³/mol. The van der Waals surface area contributed by atoms with E-state index in [0.717, 1.165) is 12.3 Å². The average Bonchev–Trinajstić information content (AvgIpc) is 2.49. The van der Waals surface area contributed by atoms with Crippen LogP contribution in [0.25, 0.3) is 0 Å². The SMILES string of the molecule is CCS(=O)(=O)C1CSCCN1C(CN)C1CCCCC1. The van der Waals surface area contributed by atoms with Crippen molar-refractivity contribution in [1.29, 1.82) is 0 Å². The van der Waals surface area contributed by atoms with Crippen LogP contribution in [0.1, 0.15) is 39.0 Å². The van der Waals surface area contributed by atoms with Crippen molar-refractivity contribution < 1.29 is 8.42 Å². The van der Waals surface area contributed by atoms with E-state index in [4.69, 9.17) is 5.73 Å². The molecule has 0 aromatic heterocycles. The fraction of sp³-hybridized carbons (Fsp3) is 1.00. The Labute approximate surface area is 127 Å². The molecule has 1 saturated heterocycles. The first-order valence-electron chi connectivity index (χ1n) is 7.85. The van der Waals surface area contributed by atoms with Gasteiger partial charge in [-0.15, -0.1) is 0 Å². The van der Waals surface area contributed by atoms with Gasteiger partial charge in [0.15, 0.2) is 9.84 Å². The number of sulfone groups is 1. The maximum Gasteiger partial charge on any atom is 0.166 e. The number of hydrogen-bond donors (Lipinski definition) is 1. The summed E-state index contributed by atoms with van der Waals surface area (Å²) in [5.74, 6) is 2.56. The van der Waals surface area contributed by atoms with Crippen LogP contribution in [-0.2, 0) is 9.84 Å². The third-order valence-corrected chi connectivity index (χ3v) is 8.11. The topological polar surface area (TPSA) is 63.4 Å². The van der Waals surface area contributed by atoms with E-state index in [1.54, 1.807) is 18.7 Å². The molecule has 1 saturated carbocycles. The summed E-state index contributed by atoms with van der Waals surface area (Å²) in [4.78, 5) is 2.23. The third-order valence-electron chi connectivity index (χ3n) is 4.80. The van der Waals surface area contributed by atoms with E-state index in [1.165, 1.54) is 32.1 Å². The minimum atomic E-state index is -3.01. The fourth-order valence-electron chi connectivity index (χ4n) is 3.59. The summed E-state index contributed by atoms with van der Waals surface area (Å²) in [6.07, 6.45) is 6.29. The second-order valence-electron chi connectivity index (χ2n) is 5.92. The van der Waals surface area contributed by atoms with Gasteiger partial charge in [0.2, 0.25) is 0 Å². The Morgan fingerprint density at radius 3 is 2.60 bits per heavy atom. The molecule has 0 amide bonds. The zero-order chi connectivity index (χ0) is 14.6. The Bertz CT molecular complexity index is 394. The van der Waals surface area contributed by atoms with Crippen molar-refractivity contribution in [3.8, 4) is 0 Å². The predicted octanol–water partition coefficient (Wildman–Crippen LogP) is 1.70. The van der Waals surface area contributed by atoms with Gasteiger partial charge in [-0.2, -0.15) is 11.8 Å². The number of thioether (sulfide) groups is 1. The lowest BCUT2D eigenvalue weighted by molar-refractivity contribution is 0.118. The minimum Gasteiger partial charge on any atom is -0.329 e. The molecule has 2 atom stereocenters. The minimum absolute atomic E-state index is 0.233. The fourth-order valence-corrected chi connectivity index (χ4v) is 6.67. The molecule has 6 heteroatoms. The van der Waals surface area contributed by atoms with Crippen molar-refractivity contribution in [2.45, 2.75) is 50.4 Å². The number of rotatable bonds is 5. The van der Waals surface area contributed by atoms with Gasteiger partial charge in [-0.1, -0.05) is 26.2 Å². The van der Waals surface area contributed by atoms with Gasteiger partial charge in [-0.3, -0.25) is 4.90 Å². The first-order chi connectivity index (χ1) is 9.60. The van der Waals surface area contributed by atoms with Gasteiger partial charge in [0.1, 0.15) is 5.37 Å². The lowest BCUT2D eigenvalue weighted by Gasteiger charge is -2.44. The quantitative estimate of drug-likeness (QED) is 0.835. The lowest BCUT2D eigenvalue weighted by Crippen LogP contribution is -2.57. The Kier molecular flexibility index (Phi) is 6.20. The number of nitrogens with two attached hydrogens (primary N) is 1. The summed E-state index contributed by atoms with van der Waals surface area (Å²) in [7, 11) is -3.01. The van der Waals surface area contributed by atoms with Crippen molar-refractivity contribution in [1.82, 2.24) is 4.90 Å². The largest absolute Gasteiger partial charge is 0.329 e. The molecule has 0 spiro atoms. The molecule has 0 aromatic rings. The van der Waals surface area contributed by atoms with Crippen molar-refractivity contribution in [2.24, 2.45) is 11.7 Å². The first kappa shape index (κ1) is 16.6. The van der Waals surface area contributed by atoms with Gasteiger partial charge < -0.3 is 5.73 Å². The smallest absolute Gasteiger partial charge is 0.166 e. The normalized spacial score (nSPS) is 28.4. The first-order valence-corrected chi connectivity index (χ1v) is 10.7. The summed E-state index contributed by atoms with van der Waals surface area (Å²) in [5.41, 5.74) is 6.04. The van der Waals surface area contributed by atoms with Crippen LogP contribution < -0.4 is 5.73 Å². The van der Waals surface area contributed by atoms with E-state index in [0.29, 0.717) is 18.2 Å². The van der Waals surface area contributed by atoms with E-state index in [9.17, 15) is 8.42 Å². The summed E-state index contributed by atoms with van der Waals surface area (Å²) in [6, 6.07) is 0.252. The summed E-state index contributed by atoms with van der Waals surface area (Å²) < 4.78 is 24.7. The van der Waals surface area contributed by atoms with Crippen LogP contribution in [-0.4, -0.2) is 55.1 Å². The van der Waals surface area contributed by atoms with Crippen LogP contribution in [0.2, 0.25) is 0 Å². The van der Waals surface area contributed by atoms with E-state index in [-0.39, 0.29) is 17.2 Å². The Hall–Kier alpha value is 0.220. The van der Waals surface area contributed by atoms with Gasteiger partial charge in [0.25, 0.3) is 0 Å². The molecule has 0 aromatic carbocycles. The average molecular weight is 321 g/mol. The van der Waals surface area contributed by atoms with Crippen LogP contribution in [0.15, 0.2) is 0 Å². The Morgan fingerprint density at radius 1 is 1.30 bits per heavy atom. The van der Waals surface area contributed by atoms with E-state index >= 15 is 0 Å². The molecule has 0 radical (unpaired) electrons. The lowest BCUT2D eigenvalue weighted by atomic mass is 9.83. The molecule has 2 N–H and O–H groups in total. The zero-order valence-corrected chi connectivity index (χ0v) is 14.1. The maximum absolute atomic E-state index is 12.4. The van der Waals surface area contributed by atoms with Crippen LogP contribution in [0.4, 0.5) is 0 Å². The molecule has 2 fully saturated rings. The van der Waals surface area contributed by atoms with Gasteiger partial charge in [0.05, 0.1) is 0 Å². The molecule has 1 heterocycles. The van der Waals surface area contributed by atoms with Crippen molar-refractivity contribution in [3.05, 3.63) is 0 Å². The Morgan fingerprint density at radius 2 is 2.00 bits per heavy atom. The van der Waals surface area contributed by atoms with E-state index in [1.807, 2.05) is 0 Å². The highest BCUT2D eigenvalue weighted by molar-refractivity contribution is 8.01. The summed E-state index contributed by atoms with van der Waals surface area (Å²) in [6.45, 7) is 3.21. The van der Waals surface area contributed by atoms with Crippen LogP contribution in [0, 0.1) is 5.92 Å². The number of hydrogen-bond acceptors (Lipinski definition) is 5. The second-order valence-corrected chi connectivity index (χ2v) is 9.52. The van der Waals surface area contributed by atoms with Crippen LogP contribution in [0.5, 0.6) is 0 Å². The Balaban J connectivity index is 2.16. The highest BCUT2D eigenvalue weighted by Gasteiger charge is 2.39. The molecular formula is C14H28N2O2S2. The summed E-state index contributed by atoms with van der Waals surface area (Å²) >= 11 is 1.76. The summed E-state index contributed by atoms with van der Waals surface area (Å²) in [5, 5.41) is -0.318. The van der Waals surface area contributed by atoms with Crippen molar-refractivity contribution >= 4 is 21.6 Å². The second kappa shape index (κ2) is 7.47. The molecule has 2 rings (SSSR count). The van der Waals surface area contributed by atoms with Gasteiger partial charge in [0, 0.05) is 36.4 Å². The molecule has 2 aliphatic rings. The van der Waals surface area contributed by atoms with Gasteiger partial charge >= 0.3 is 0 Å². The van der Waals surface area contributed by atoms with E-state index in [2.05, 4.69) is 4.90 Å². The molecular weight excluding hydrogens is 292 g/mol. The molecule has 1 aliphatic heterocycles.